The summed E-state index contributed by atoms with van der Waals surface area (Å²) in [6.45, 7) is 3.74. The first-order valence-corrected chi connectivity index (χ1v) is 7.24. The van der Waals surface area contributed by atoms with Crippen molar-refractivity contribution in [1.29, 1.82) is 5.26 Å². The van der Waals surface area contributed by atoms with Gasteiger partial charge in [-0.25, -0.2) is 0 Å². The molecule has 18 heavy (non-hydrogen) atoms. The van der Waals surface area contributed by atoms with Crippen molar-refractivity contribution in [3.63, 3.8) is 0 Å². The number of thiophene rings is 1. The van der Waals surface area contributed by atoms with E-state index < -0.39 is 0 Å². The Hall–Kier alpha value is -1.15. The van der Waals surface area contributed by atoms with Gasteiger partial charge in [-0.2, -0.15) is 5.26 Å². The lowest BCUT2D eigenvalue weighted by atomic mass is 10.1. The van der Waals surface area contributed by atoms with Crippen molar-refractivity contribution in [3.05, 3.63) is 55.7 Å². The number of hydrogen-bond donors (Lipinski definition) is 1. The molecule has 1 heterocycles. The molecule has 92 valence electrons. The largest absolute Gasteiger partial charge is 0.308 e. The van der Waals surface area contributed by atoms with E-state index in [0.29, 0.717) is 0 Å². The van der Waals surface area contributed by atoms with Gasteiger partial charge in [0, 0.05) is 18.0 Å². The molecule has 0 radical (unpaired) electrons. The van der Waals surface area contributed by atoms with Gasteiger partial charge in [0.15, 0.2) is 0 Å². The van der Waals surface area contributed by atoms with Crippen molar-refractivity contribution < 1.29 is 0 Å². The molecule has 0 unspecified atom stereocenters. The maximum atomic E-state index is 8.81. The number of rotatable bonds is 4. The van der Waals surface area contributed by atoms with Crippen LogP contribution in [-0.4, -0.2) is 0 Å². The Morgan fingerprint density at radius 1 is 1.28 bits per heavy atom. The summed E-state index contributed by atoms with van der Waals surface area (Å²) in [7, 11) is 0. The van der Waals surface area contributed by atoms with Crippen LogP contribution < -0.4 is 5.32 Å². The molecule has 2 aromatic rings. The van der Waals surface area contributed by atoms with E-state index in [4.69, 9.17) is 5.26 Å². The first kappa shape index (κ1) is 13.3. The summed E-state index contributed by atoms with van der Waals surface area (Å²) in [5.74, 6) is 0. The first-order chi connectivity index (χ1) is 8.69. The lowest BCUT2D eigenvalue weighted by Crippen LogP contribution is -2.12. The summed E-state index contributed by atoms with van der Waals surface area (Å²) < 4.78 is 1.16. The second-order valence-electron chi connectivity index (χ2n) is 4.06. The predicted molar refractivity (Wildman–Crippen MR) is 78.5 cm³/mol. The van der Waals surface area contributed by atoms with E-state index in [0.717, 1.165) is 28.0 Å². The predicted octanol–water partition coefficient (Wildman–Crippen LogP) is 3.98. The van der Waals surface area contributed by atoms with Crippen molar-refractivity contribution in [3.8, 4) is 6.07 Å². The molecule has 0 amide bonds. The molecule has 2 rings (SSSR count). The van der Waals surface area contributed by atoms with Crippen molar-refractivity contribution in [2.45, 2.75) is 20.0 Å². The average Bonchev–Trinajstić information content (AvgIpc) is 2.77. The summed E-state index contributed by atoms with van der Waals surface area (Å²) in [6, 6.07) is 12.2. The van der Waals surface area contributed by atoms with Crippen LogP contribution in [0.4, 0.5) is 0 Å². The van der Waals surface area contributed by atoms with Crippen molar-refractivity contribution in [1.82, 2.24) is 5.32 Å². The minimum absolute atomic E-state index is 0.721. The lowest BCUT2D eigenvalue weighted by molar-refractivity contribution is 0.698. The number of nitrogens with zero attached hydrogens (tertiary/aromatic N) is 1. The van der Waals surface area contributed by atoms with Crippen LogP contribution in [0, 0.1) is 18.3 Å². The number of aryl methyl sites for hydroxylation is 1. The molecule has 1 N–H and O–H groups in total. The van der Waals surface area contributed by atoms with Gasteiger partial charge < -0.3 is 5.32 Å². The molecule has 4 heteroatoms. The van der Waals surface area contributed by atoms with Crippen LogP contribution in [0.25, 0.3) is 0 Å². The van der Waals surface area contributed by atoms with Crippen LogP contribution in [0.3, 0.4) is 0 Å². The number of benzene rings is 1. The van der Waals surface area contributed by atoms with Gasteiger partial charge in [-0.05, 0) is 58.2 Å². The van der Waals surface area contributed by atoms with E-state index in [-0.39, 0.29) is 0 Å². The second kappa shape index (κ2) is 6.14. The fourth-order valence-corrected chi connectivity index (χ4v) is 3.18. The van der Waals surface area contributed by atoms with E-state index in [1.807, 2.05) is 25.1 Å². The standard InChI is InChI=1S/C14H13BrN2S/c1-10-6-11(7-16)2-3-12(10)8-17-9-13-4-5-14(15)18-13/h2-6,17H,8-9H2,1H3. The van der Waals surface area contributed by atoms with Crippen LogP contribution in [0.2, 0.25) is 0 Å². The molecule has 2 nitrogen and oxygen atoms in total. The normalized spacial score (nSPS) is 10.3. The van der Waals surface area contributed by atoms with Crippen LogP contribution in [0.1, 0.15) is 21.6 Å². The first-order valence-electron chi connectivity index (χ1n) is 5.63. The molecule has 1 aromatic carbocycles. The van der Waals surface area contributed by atoms with Gasteiger partial charge in [-0.1, -0.05) is 6.07 Å². The van der Waals surface area contributed by atoms with Crippen LogP contribution in [0.15, 0.2) is 34.1 Å². The average molecular weight is 321 g/mol. The van der Waals surface area contributed by atoms with Gasteiger partial charge in [0.1, 0.15) is 0 Å². The molecular formula is C14H13BrN2S. The quantitative estimate of drug-likeness (QED) is 0.924. The third-order valence-electron chi connectivity index (χ3n) is 2.72. The Morgan fingerprint density at radius 3 is 2.72 bits per heavy atom. The van der Waals surface area contributed by atoms with E-state index in [2.05, 4.69) is 39.4 Å². The molecular weight excluding hydrogens is 308 g/mol. The minimum atomic E-state index is 0.721. The van der Waals surface area contributed by atoms with Gasteiger partial charge in [-0.3, -0.25) is 0 Å². The Bertz CT molecular complexity index is 584. The van der Waals surface area contributed by atoms with Gasteiger partial charge in [0.25, 0.3) is 0 Å². The highest BCUT2D eigenvalue weighted by molar-refractivity contribution is 9.11. The fourth-order valence-electron chi connectivity index (χ4n) is 1.73. The van der Waals surface area contributed by atoms with Crippen LogP contribution in [-0.2, 0) is 13.1 Å². The fraction of sp³-hybridized carbons (Fsp3) is 0.214. The lowest BCUT2D eigenvalue weighted by Gasteiger charge is -2.07. The SMILES string of the molecule is Cc1cc(C#N)ccc1CNCc1ccc(Br)s1. The molecule has 0 saturated heterocycles. The third-order valence-corrected chi connectivity index (χ3v) is 4.34. The second-order valence-corrected chi connectivity index (χ2v) is 6.61. The van der Waals surface area contributed by atoms with Crippen molar-refractivity contribution in [2.24, 2.45) is 0 Å². The molecule has 0 aliphatic rings. The Balaban J connectivity index is 1.92. The zero-order chi connectivity index (χ0) is 13.0. The van der Waals surface area contributed by atoms with E-state index in [9.17, 15) is 0 Å². The zero-order valence-electron chi connectivity index (χ0n) is 10.0. The monoisotopic (exact) mass is 320 g/mol. The Kier molecular flexibility index (Phi) is 4.54. The maximum absolute atomic E-state index is 8.81. The highest BCUT2D eigenvalue weighted by atomic mass is 79.9. The highest BCUT2D eigenvalue weighted by Gasteiger charge is 2.01. The van der Waals surface area contributed by atoms with Gasteiger partial charge in [0.05, 0.1) is 15.4 Å². The minimum Gasteiger partial charge on any atom is -0.308 e. The molecule has 0 fully saturated rings. The molecule has 0 aliphatic carbocycles. The Labute approximate surface area is 119 Å². The van der Waals surface area contributed by atoms with Gasteiger partial charge in [0.2, 0.25) is 0 Å². The smallest absolute Gasteiger partial charge is 0.0991 e. The summed E-state index contributed by atoms with van der Waals surface area (Å²) in [5.41, 5.74) is 3.12. The number of nitrogens with one attached hydrogen (secondary N) is 1. The topological polar surface area (TPSA) is 35.8 Å². The molecule has 1 aromatic heterocycles. The summed E-state index contributed by atoms with van der Waals surface area (Å²) in [4.78, 5) is 1.31. The molecule has 0 saturated carbocycles. The van der Waals surface area contributed by atoms with Gasteiger partial charge >= 0.3 is 0 Å². The van der Waals surface area contributed by atoms with E-state index in [1.165, 1.54) is 10.4 Å². The Morgan fingerprint density at radius 2 is 2.11 bits per heavy atom. The zero-order valence-corrected chi connectivity index (χ0v) is 12.4. The van der Waals surface area contributed by atoms with Crippen molar-refractivity contribution >= 4 is 27.3 Å². The highest BCUT2D eigenvalue weighted by Crippen LogP contribution is 2.21. The molecule has 0 atom stereocenters. The van der Waals surface area contributed by atoms with Crippen LogP contribution in [0.5, 0.6) is 0 Å². The number of halogens is 1. The van der Waals surface area contributed by atoms with E-state index in [1.54, 1.807) is 11.3 Å². The number of hydrogen-bond acceptors (Lipinski definition) is 3. The summed E-state index contributed by atoms with van der Waals surface area (Å²) in [5, 5.41) is 12.2. The molecule has 0 bridgehead atoms. The third kappa shape index (κ3) is 3.42. The maximum Gasteiger partial charge on any atom is 0.0991 e. The van der Waals surface area contributed by atoms with Gasteiger partial charge in [-0.15, -0.1) is 11.3 Å². The van der Waals surface area contributed by atoms with E-state index >= 15 is 0 Å². The van der Waals surface area contributed by atoms with Crippen molar-refractivity contribution in [2.75, 3.05) is 0 Å². The summed E-state index contributed by atoms with van der Waals surface area (Å²) in [6.07, 6.45) is 0. The summed E-state index contributed by atoms with van der Waals surface area (Å²) >= 11 is 5.20. The molecule has 0 spiro atoms. The van der Waals surface area contributed by atoms with Crippen LogP contribution >= 0.6 is 27.3 Å². The number of nitriles is 1. The molecule has 0 aliphatic heterocycles.